The molecule has 0 unspecified atom stereocenters. The second-order valence-corrected chi connectivity index (χ2v) is 10.1. The van der Waals surface area contributed by atoms with Crippen molar-refractivity contribution < 1.29 is 14.0 Å². The van der Waals surface area contributed by atoms with Crippen molar-refractivity contribution in [2.45, 2.75) is 51.2 Å². The normalized spacial score (nSPS) is 19.4. The number of carbonyl (C=O) groups excluding carboxylic acids is 2. The molecule has 0 atom stereocenters. The van der Waals surface area contributed by atoms with Crippen LogP contribution in [0.1, 0.15) is 49.7 Å². The lowest BCUT2D eigenvalue weighted by Crippen LogP contribution is -2.54. The van der Waals surface area contributed by atoms with Crippen molar-refractivity contribution in [1.82, 2.24) is 20.0 Å². The predicted molar refractivity (Wildman–Crippen MR) is 132 cm³/mol. The highest BCUT2D eigenvalue weighted by Gasteiger charge is 2.39. The van der Waals surface area contributed by atoms with Crippen LogP contribution in [0.3, 0.4) is 0 Å². The summed E-state index contributed by atoms with van der Waals surface area (Å²) in [5, 5.41) is 3.20. The summed E-state index contributed by atoms with van der Waals surface area (Å²) in [6.07, 6.45) is 3.26. The third-order valence-electron chi connectivity index (χ3n) is 7.18. The molecule has 1 N–H and O–H groups in total. The van der Waals surface area contributed by atoms with E-state index < -0.39 is 0 Å². The number of likely N-dealkylation sites (tertiary alicyclic amines) is 2. The van der Waals surface area contributed by atoms with Crippen molar-refractivity contribution in [2.75, 3.05) is 40.3 Å². The van der Waals surface area contributed by atoms with Gasteiger partial charge >= 0.3 is 0 Å². The first kappa shape index (κ1) is 24.5. The van der Waals surface area contributed by atoms with E-state index in [9.17, 15) is 9.59 Å². The standard InChI is InChI=1S/C27H38N4O3/c1-21(32)28-27(23-7-5-4-6-8-23)13-17-31(18-14-27)26(33)22-11-15-30(16-12-22)20-25-10-9-24(34-25)19-29(2)3/h4-10,22H,11-20H2,1-3H3,(H,28,32). The molecule has 2 amide bonds. The summed E-state index contributed by atoms with van der Waals surface area (Å²) < 4.78 is 5.96. The van der Waals surface area contributed by atoms with Gasteiger partial charge in [-0.05, 0) is 70.6 Å². The summed E-state index contributed by atoms with van der Waals surface area (Å²) in [5.74, 6) is 2.31. The highest BCUT2D eigenvalue weighted by atomic mass is 16.3. The van der Waals surface area contributed by atoms with Crippen LogP contribution in [0, 0.1) is 5.92 Å². The Balaban J connectivity index is 1.28. The third-order valence-corrected chi connectivity index (χ3v) is 7.18. The number of furan rings is 1. The van der Waals surface area contributed by atoms with Crippen molar-refractivity contribution in [2.24, 2.45) is 5.92 Å². The Bertz CT molecular complexity index is 955. The summed E-state index contributed by atoms with van der Waals surface area (Å²) >= 11 is 0. The minimum absolute atomic E-state index is 0.0265. The number of rotatable bonds is 7. The lowest BCUT2D eigenvalue weighted by atomic mass is 9.80. The predicted octanol–water partition coefficient (Wildman–Crippen LogP) is 3.21. The summed E-state index contributed by atoms with van der Waals surface area (Å²) in [6, 6.07) is 14.3. The van der Waals surface area contributed by atoms with Crippen LogP contribution in [-0.4, -0.2) is 66.8 Å². The van der Waals surface area contributed by atoms with Crippen LogP contribution in [0.15, 0.2) is 46.9 Å². The van der Waals surface area contributed by atoms with Crippen molar-refractivity contribution in [1.29, 1.82) is 0 Å². The number of hydrogen-bond donors (Lipinski definition) is 1. The molecule has 7 nitrogen and oxygen atoms in total. The maximum atomic E-state index is 13.3. The molecule has 34 heavy (non-hydrogen) atoms. The van der Waals surface area contributed by atoms with Gasteiger partial charge in [0.05, 0.1) is 18.6 Å². The number of nitrogens with one attached hydrogen (secondary N) is 1. The SMILES string of the molecule is CC(=O)NC1(c2ccccc2)CCN(C(=O)C2CCN(Cc3ccc(CN(C)C)o3)CC2)CC1. The second-order valence-electron chi connectivity index (χ2n) is 10.1. The number of carbonyl (C=O) groups is 2. The smallest absolute Gasteiger partial charge is 0.225 e. The van der Waals surface area contributed by atoms with E-state index in [0.717, 1.165) is 68.9 Å². The van der Waals surface area contributed by atoms with Gasteiger partial charge in [-0.25, -0.2) is 0 Å². The van der Waals surface area contributed by atoms with E-state index in [-0.39, 0.29) is 23.3 Å². The van der Waals surface area contributed by atoms with Crippen molar-refractivity contribution in [3.05, 3.63) is 59.5 Å². The average Bonchev–Trinajstić information content (AvgIpc) is 3.25. The molecule has 4 rings (SSSR count). The van der Waals surface area contributed by atoms with Crippen molar-refractivity contribution >= 4 is 11.8 Å². The van der Waals surface area contributed by atoms with E-state index in [1.807, 2.05) is 37.2 Å². The Kier molecular flexibility index (Phi) is 7.73. The topological polar surface area (TPSA) is 69.0 Å². The zero-order chi connectivity index (χ0) is 24.1. The molecular formula is C27H38N4O3. The van der Waals surface area contributed by atoms with Gasteiger partial charge in [0.1, 0.15) is 11.5 Å². The van der Waals surface area contributed by atoms with E-state index in [1.165, 1.54) is 0 Å². The Labute approximate surface area is 203 Å². The maximum absolute atomic E-state index is 13.3. The summed E-state index contributed by atoms with van der Waals surface area (Å²) in [4.78, 5) is 31.7. The monoisotopic (exact) mass is 466 g/mol. The van der Waals surface area contributed by atoms with Gasteiger partial charge in [0.15, 0.2) is 0 Å². The lowest BCUT2D eigenvalue weighted by Gasteiger charge is -2.44. The molecule has 0 aliphatic carbocycles. The Morgan fingerprint density at radius 2 is 1.65 bits per heavy atom. The zero-order valence-corrected chi connectivity index (χ0v) is 20.8. The van der Waals surface area contributed by atoms with Crippen LogP contribution < -0.4 is 5.32 Å². The minimum Gasteiger partial charge on any atom is -0.463 e. The molecule has 0 spiro atoms. The van der Waals surface area contributed by atoms with Crippen LogP contribution >= 0.6 is 0 Å². The molecule has 7 heteroatoms. The van der Waals surface area contributed by atoms with E-state index in [0.29, 0.717) is 13.1 Å². The van der Waals surface area contributed by atoms with Crippen molar-refractivity contribution in [3.8, 4) is 0 Å². The first-order valence-corrected chi connectivity index (χ1v) is 12.4. The Morgan fingerprint density at radius 3 is 2.26 bits per heavy atom. The molecule has 1 aromatic heterocycles. The van der Waals surface area contributed by atoms with Crippen LogP contribution in [0.2, 0.25) is 0 Å². The van der Waals surface area contributed by atoms with Gasteiger partial charge in [-0.3, -0.25) is 14.5 Å². The fourth-order valence-corrected chi connectivity index (χ4v) is 5.41. The molecule has 2 fully saturated rings. The number of amides is 2. The van der Waals surface area contributed by atoms with Gasteiger partial charge in [-0.15, -0.1) is 0 Å². The highest BCUT2D eigenvalue weighted by molar-refractivity contribution is 5.79. The number of nitrogens with zero attached hydrogens (tertiary/aromatic N) is 3. The van der Waals surface area contributed by atoms with Crippen LogP contribution in [0.4, 0.5) is 0 Å². The van der Waals surface area contributed by atoms with E-state index in [1.54, 1.807) is 6.92 Å². The zero-order valence-electron chi connectivity index (χ0n) is 20.8. The maximum Gasteiger partial charge on any atom is 0.225 e. The lowest BCUT2D eigenvalue weighted by molar-refractivity contribution is -0.139. The quantitative estimate of drug-likeness (QED) is 0.679. The Hall–Kier alpha value is -2.64. The first-order valence-electron chi connectivity index (χ1n) is 12.4. The molecule has 3 heterocycles. The fourth-order valence-electron chi connectivity index (χ4n) is 5.41. The molecule has 0 radical (unpaired) electrons. The van der Waals surface area contributed by atoms with Gasteiger partial charge in [-0.2, -0.15) is 0 Å². The third kappa shape index (κ3) is 5.88. The molecule has 2 aliphatic heterocycles. The van der Waals surface area contributed by atoms with Gasteiger partial charge in [0, 0.05) is 25.9 Å². The summed E-state index contributed by atoms with van der Waals surface area (Å²) in [6.45, 7) is 6.35. The number of hydrogen-bond acceptors (Lipinski definition) is 5. The molecule has 1 aromatic carbocycles. The molecule has 2 saturated heterocycles. The minimum atomic E-state index is -0.387. The molecule has 184 valence electrons. The Morgan fingerprint density at radius 1 is 1.00 bits per heavy atom. The van der Waals surface area contributed by atoms with Crippen LogP contribution in [0.25, 0.3) is 0 Å². The van der Waals surface area contributed by atoms with Gasteiger partial charge in [0.25, 0.3) is 0 Å². The van der Waals surface area contributed by atoms with Crippen LogP contribution in [-0.2, 0) is 28.2 Å². The van der Waals surface area contributed by atoms with E-state index in [4.69, 9.17) is 4.42 Å². The van der Waals surface area contributed by atoms with Gasteiger partial charge in [-0.1, -0.05) is 30.3 Å². The van der Waals surface area contributed by atoms with E-state index in [2.05, 4.69) is 39.4 Å². The molecular weight excluding hydrogens is 428 g/mol. The first-order chi connectivity index (χ1) is 16.3. The fraction of sp³-hybridized carbons (Fsp3) is 0.556. The molecule has 2 aromatic rings. The second kappa shape index (κ2) is 10.7. The average molecular weight is 467 g/mol. The molecule has 2 aliphatic rings. The summed E-state index contributed by atoms with van der Waals surface area (Å²) in [5.41, 5.74) is 0.735. The van der Waals surface area contributed by atoms with Gasteiger partial charge in [0.2, 0.25) is 11.8 Å². The number of piperidine rings is 2. The highest BCUT2D eigenvalue weighted by Crippen LogP contribution is 2.34. The molecule has 0 bridgehead atoms. The molecule has 0 saturated carbocycles. The summed E-state index contributed by atoms with van der Waals surface area (Å²) in [7, 11) is 4.07. The van der Waals surface area contributed by atoms with E-state index >= 15 is 0 Å². The van der Waals surface area contributed by atoms with Crippen LogP contribution in [0.5, 0.6) is 0 Å². The van der Waals surface area contributed by atoms with Gasteiger partial charge < -0.3 is 19.5 Å². The number of benzene rings is 1. The largest absolute Gasteiger partial charge is 0.463 e. The van der Waals surface area contributed by atoms with Crippen molar-refractivity contribution in [3.63, 3.8) is 0 Å².